The molecule has 18 heavy (non-hydrogen) atoms. The van der Waals surface area contributed by atoms with E-state index in [-0.39, 0.29) is 10.7 Å². The lowest BCUT2D eigenvalue weighted by Gasteiger charge is -2.26. The third kappa shape index (κ3) is 2.91. The first kappa shape index (κ1) is 14.7. The quantitative estimate of drug-likeness (QED) is 0.821. The van der Waals surface area contributed by atoms with Gasteiger partial charge in [-0.2, -0.15) is 13.2 Å². The molecule has 100 valence electrons. The maximum atomic E-state index is 12.9. The molecular weight excluding hydrogens is 276 g/mol. The summed E-state index contributed by atoms with van der Waals surface area (Å²) in [6, 6.07) is 2.91. The number of nitrogens with two attached hydrogens (primary N) is 1. The summed E-state index contributed by atoms with van der Waals surface area (Å²) >= 11 is 5.60. The summed E-state index contributed by atoms with van der Waals surface area (Å²) in [6.45, 7) is 0.509. The minimum Gasteiger partial charge on any atom is -0.323 e. The topological polar surface area (TPSA) is 55.1 Å². The number of benzene rings is 1. The Morgan fingerprint density at radius 3 is 2.44 bits per heavy atom. The van der Waals surface area contributed by atoms with Crippen molar-refractivity contribution in [3.63, 3.8) is 0 Å². The smallest absolute Gasteiger partial charge is 0.323 e. The number of carbonyl (C=O) groups is 1. The number of hydrogen-bond donors (Lipinski definition) is 2. The van der Waals surface area contributed by atoms with Gasteiger partial charge in [-0.15, -0.1) is 0 Å². The van der Waals surface area contributed by atoms with Gasteiger partial charge in [0.05, 0.1) is 10.7 Å². The van der Waals surface area contributed by atoms with E-state index in [4.69, 9.17) is 17.3 Å². The lowest BCUT2D eigenvalue weighted by atomic mass is 10.0. The Morgan fingerprint density at radius 1 is 1.39 bits per heavy atom. The highest BCUT2D eigenvalue weighted by Gasteiger charge is 2.54. The summed E-state index contributed by atoms with van der Waals surface area (Å²) in [4.78, 5) is 11.4. The van der Waals surface area contributed by atoms with Crippen molar-refractivity contribution in [1.29, 1.82) is 0 Å². The maximum absolute atomic E-state index is 12.9. The summed E-state index contributed by atoms with van der Waals surface area (Å²) in [5.74, 6) is -2.28. The molecule has 1 rings (SSSR count). The van der Waals surface area contributed by atoms with E-state index < -0.39 is 23.4 Å². The molecule has 1 amide bonds. The SMILES string of the molecule is CC(N)(C(=O)Nc1cc(F)ccc1Cl)C(F)(F)F. The van der Waals surface area contributed by atoms with Crippen LogP contribution in [0.2, 0.25) is 5.02 Å². The number of amides is 1. The van der Waals surface area contributed by atoms with Crippen molar-refractivity contribution in [2.24, 2.45) is 5.73 Å². The first-order valence-corrected chi connectivity index (χ1v) is 5.05. The van der Waals surface area contributed by atoms with Crippen LogP contribution >= 0.6 is 11.6 Å². The number of rotatable bonds is 2. The molecule has 0 radical (unpaired) electrons. The molecule has 0 spiro atoms. The molecule has 8 heteroatoms. The van der Waals surface area contributed by atoms with E-state index >= 15 is 0 Å². The van der Waals surface area contributed by atoms with Crippen LogP contribution in [0.1, 0.15) is 6.92 Å². The van der Waals surface area contributed by atoms with E-state index in [1.165, 1.54) is 0 Å². The second kappa shape index (κ2) is 4.74. The highest BCUT2D eigenvalue weighted by Crippen LogP contribution is 2.30. The number of hydrogen-bond acceptors (Lipinski definition) is 2. The van der Waals surface area contributed by atoms with Crippen molar-refractivity contribution < 1.29 is 22.4 Å². The molecule has 1 atom stereocenters. The van der Waals surface area contributed by atoms with E-state index in [0.717, 1.165) is 18.2 Å². The number of alkyl halides is 3. The van der Waals surface area contributed by atoms with Gasteiger partial charge in [-0.25, -0.2) is 4.39 Å². The highest BCUT2D eigenvalue weighted by atomic mass is 35.5. The average Bonchev–Trinajstić information content (AvgIpc) is 2.21. The number of carbonyl (C=O) groups excluding carboxylic acids is 1. The second-order valence-corrected chi connectivity index (χ2v) is 4.19. The summed E-state index contributed by atoms with van der Waals surface area (Å²) < 4.78 is 50.3. The van der Waals surface area contributed by atoms with Gasteiger partial charge in [0.25, 0.3) is 5.91 Å². The zero-order valence-corrected chi connectivity index (χ0v) is 9.86. The molecule has 0 aliphatic rings. The number of halogens is 5. The van der Waals surface area contributed by atoms with Gasteiger partial charge in [-0.05, 0) is 25.1 Å². The van der Waals surface area contributed by atoms with Crippen molar-refractivity contribution in [2.45, 2.75) is 18.6 Å². The molecule has 0 heterocycles. The van der Waals surface area contributed by atoms with Crippen LogP contribution in [-0.4, -0.2) is 17.6 Å². The Bertz CT molecular complexity index is 473. The molecule has 0 saturated heterocycles. The third-order valence-electron chi connectivity index (χ3n) is 2.24. The van der Waals surface area contributed by atoms with Gasteiger partial charge in [0.15, 0.2) is 5.54 Å². The monoisotopic (exact) mass is 284 g/mol. The zero-order chi connectivity index (χ0) is 14.1. The zero-order valence-electron chi connectivity index (χ0n) is 9.11. The van der Waals surface area contributed by atoms with Crippen LogP contribution in [0, 0.1) is 5.82 Å². The summed E-state index contributed by atoms with van der Waals surface area (Å²) in [5, 5.41) is 1.75. The van der Waals surface area contributed by atoms with E-state index in [1.807, 2.05) is 5.32 Å². The molecule has 0 bridgehead atoms. The molecule has 3 nitrogen and oxygen atoms in total. The Morgan fingerprint density at radius 2 is 1.94 bits per heavy atom. The van der Waals surface area contributed by atoms with Crippen LogP contribution in [0.15, 0.2) is 18.2 Å². The Balaban J connectivity index is 2.98. The first-order chi connectivity index (χ1) is 8.05. The highest BCUT2D eigenvalue weighted by molar-refractivity contribution is 6.33. The van der Waals surface area contributed by atoms with Gasteiger partial charge in [-0.1, -0.05) is 11.6 Å². The van der Waals surface area contributed by atoms with Crippen LogP contribution in [-0.2, 0) is 4.79 Å². The average molecular weight is 285 g/mol. The molecule has 1 unspecified atom stereocenters. The number of anilines is 1. The van der Waals surface area contributed by atoms with Gasteiger partial charge in [0.2, 0.25) is 0 Å². The van der Waals surface area contributed by atoms with Gasteiger partial charge in [0.1, 0.15) is 5.82 Å². The summed E-state index contributed by atoms with van der Waals surface area (Å²) in [7, 11) is 0. The van der Waals surface area contributed by atoms with Crippen molar-refractivity contribution in [1.82, 2.24) is 0 Å². The minimum atomic E-state index is -4.93. The Labute approximate surface area is 105 Å². The number of nitrogens with one attached hydrogen (secondary N) is 1. The predicted octanol–water partition coefficient (Wildman–Crippen LogP) is 2.70. The first-order valence-electron chi connectivity index (χ1n) is 4.68. The molecule has 0 saturated carbocycles. The van der Waals surface area contributed by atoms with Crippen molar-refractivity contribution in [3.8, 4) is 0 Å². The second-order valence-electron chi connectivity index (χ2n) is 3.78. The molecule has 0 aromatic heterocycles. The van der Waals surface area contributed by atoms with Crippen LogP contribution in [0.3, 0.4) is 0 Å². The Hall–Kier alpha value is -1.34. The maximum Gasteiger partial charge on any atom is 0.415 e. The van der Waals surface area contributed by atoms with Crippen LogP contribution in [0.25, 0.3) is 0 Å². The van der Waals surface area contributed by atoms with Gasteiger partial charge in [0, 0.05) is 0 Å². The van der Waals surface area contributed by atoms with E-state index in [0.29, 0.717) is 6.92 Å². The van der Waals surface area contributed by atoms with E-state index in [9.17, 15) is 22.4 Å². The lowest BCUT2D eigenvalue weighted by Crippen LogP contribution is -2.59. The molecule has 0 fully saturated rings. The third-order valence-corrected chi connectivity index (χ3v) is 2.57. The van der Waals surface area contributed by atoms with Gasteiger partial charge in [-0.3, -0.25) is 4.79 Å². The van der Waals surface area contributed by atoms with Gasteiger partial charge < -0.3 is 11.1 Å². The fraction of sp³-hybridized carbons (Fsp3) is 0.300. The fourth-order valence-corrected chi connectivity index (χ4v) is 1.14. The molecule has 1 aromatic carbocycles. The molecule has 0 aliphatic heterocycles. The molecule has 3 N–H and O–H groups in total. The largest absolute Gasteiger partial charge is 0.415 e. The van der Waals surface area contributed by atoms with Crippen molar-refractivity contribution >= 4 is 23.2 Å². The summed E-state index contributed by atoms with van der Waals surface area (Å²) in [5.41, 5.74) is 1.53. The Kier molecular flexibility index (Phi) is 3.87. The van der Waals surface area contributed by atoms with Crippen LogP contribution < -0.4 is 11.1 Å². The van der Waals surface area contributed by atoms with Crippen molar-refractivity contribution in [3.05, 3.63) is 29.0 Å². The molecular formula is C10H9ClF4N2O. The fourth-order valence-electron chi connectivity index (χ4n) is 0.974. The summed E-state index contributed by atoms with van der Waals surface area (Å²) in [6.07, 6.45) is -4.93. The predicted molar refractivity (Wildman–Crippen MR) is 58.7 cm³/mol. The van der Waals surface area contributed by atoms with E-state index in [2.05, 4.69) is 0 Å². The standard InChI is InChI=1S/C10H9ClF4N2O/c1-9(16,10(13,14)15)8(18)17-7-4-5(12)2-3-6(7)11/h2-4H,16H2,1H3,(H,17,18). The van der Waals surface area contributed by atoms with Crippen LogP contribution in [0.4, 0.5) is 23.2 Å². The van der Waals surface area contributed by atoms with Gasteiger partial charge >= 0.3 is 6.18 Å². The minimum absolute atomic E-state index is 0.0947. The molecule has 1 aromatic rings. The van der Waals surface area contributed by atoms with Crippen LogP contribution in [0.5, 0.6) is 0 Å². The van der Waals surface area contributed by atoms with Crippen molar-refractivity contribution in [2.75, 3.05) is 5.32 Å². The normalized spacial score (nSPS) is 15.1. The lowest BCUT2D eigenvalue weighted by molar-refractivity contribution is -0.184. The van der Waals surface area contributed by atoms with E-state index in [1.54, 1.807) is 0 Å². The molecule has 0 aliphatic carbocycles.